The summed E-state index contributed by atoms with van der Waals surface area (Å²) in [6, 6.07) is 14.8. The minimum absolute atomic E-state index is 0.174. The number of carbonyl (C=O) groups excluding carboxylic acids is 2. The van der Waals surface area contributed by atoms with Crippen LogP contribution in [0, 0.1) is 5.92 Å². The maximum atomic E-state index is 12.2. The molecule has 0 fully saturated rings. The molecule has 30 heavy (non-hydrogen) atoms. The number of rotatable bonds is 8. The van der Waals surface area contributed by atoms with E-state index < -0.39 is 6.09 Å². The number of fused-ring (bicyclic) bond motifs is 1. The van der Waals surface area contributed by atoms with Crippen LogP contribution >= 0.6 is 0 Å². The van der Waals surface area contributed by atoms with Crippen molar-refractivity contribution >= 4 is 17.7 Å². The summed E-state index contributed by atoms with van der Waals surface area (Å²) in [5.74, 6) is 0.227. The molecule has 1 aliphatic rings. The Bertz CT molecular complexity index is 854. The van der Waals surface area contributed by atoms with Crippen LogP contribution in [0.2, 0.25) is 0 Å². The summed E-state index contributed by atoms with van der Waals surface area (Å²) >= 11 is 0. The molecule has 0 aromatic heterocycles. The van der Waals surface area contributed by atoms with Crippen molar-refractivity contribution in [3.05, 3.63) is 59.7 Å². The Morgan fingerprint density at radius 2 is 1.93 bits per heavy atom. The number of anilines is 1. The summed E-state index contributed by atoms with van der Waals surface area (Å²) < 4.78 is 21.9. The minimum Gasteiger partial charge on any atom is -0.493 e. The molecule has 0 saturated heterocycles. The molecule has 0 spiro atoms. The standard InChI is InChI=1S/C23H27NO6/c1-3-11-28-21(25)12-17-15-29-20-10-9-18(13-19(20)22(17)27-2)24-23(26)30-14-16-7-5-4-6-8-16/h4-10,13,17,22H,3,11-12,14-15H2,1-2H3,(H,24,26). The predicted octanol–water partition coefficient (Wildman–Crippen LogP) is 4.47. The molecule has 2 unspecified atom stereocenters. The van der Waals surface area contributed by atoms with Crippen molar-refractivity contribution in [1.29, 1.82) is 0 Å². The zero-order valence-electron chi connectivity index (χ0n) is 17.3. The monoisotopic (exact) mass is 413 g/mol. The third-order valence-electron chi connectivity index (χ3n) is 4.81. The maximum absolute atomic E-state index is 12.2. The van der Waals surface area contributed by atoms with Crippen molar-refractivity contribution in [1.82, 2.24) is 0 Å². The van der Waals surface area contributed by atoms with Crippen molar-refractivity contribution < 1.29 is 28.5 Å². The molecular weight excluding hydrogens is 386 g/mol. The minimum atomic E-state index is -0.552. The molecule has 0 aliphatic carbocycles. The molecule has 2 aromatic rings. The molecule has 3 rings (SSSR count). The number of esters is 1. The van der Waals surface area contributed by atoms with Crippen LogP contribution in [-0.2, 0) is 25.6 Å². The van der Waals surface area contributed by atoms with Crippen molar-refractivity contribution in [3.8, 4) is 5.75 Å². The number of nitrogens with one attached hydrogen (secondary N) is 1. The molecule has 2 atom stereocenters. The molecule has 1 aliphatic heterocycles. The van der Waals surface area contributed by atoms with E-state index in [0.717, 1.165) is 17.5 Å². The molecule has 0 radical (unpaired) electrons. The topological polar surface area (TPSA) is 83.1 Å². The van der Waals surface area contributed by atoms with Gasteiger partial charge in [-0.3, -0.25) is 10.1 Å². The largest absolute Gasteiger partial charge is 0.493 e. The van der Waals surface area contributed by atoms with Crippen molar-refractivity contribution in [3.63, 3.8) is 0 Å². The number of carbonyl (C=O) groups is 2. The Balaban J connectivity index is 1.64. The quantitative estimate of drug-likeness (QED) is 0.643. The van der Waals surface area contributed by atoms with Crippen LogP contribution in [0.4, 0.5) is 10.5 Å². The summed E-state index contributed by atoms with van der Waals surface area (Å²) in [6.07, 6.45) is 0.0855. The Morgan fingerprint density at radius 3 is 2.67 bits per heavy atom. The lowest BCUT2D eigenvalue weighted by molar-refractivity contribution is -0.147. The van der Waals surface area contributed by atoms with Gasteiger partial charge in [-0.2, -0.15) is 0 Å². The lowest BCUT2D eigenvalue weighted by Gasteiger charge is -2.32. The second kappa shape index (κ2) is 10.6. The van der Waals surface area contributed by atoms with Gasteiger partial charge in [0.2, 0.25) is 0 Å². The Labute approximate surface area is 176 Å². The van der Waals surface area contributed by atoms with E-state index in [1.165, 1.54) is 0 Å². The molecule has 0 saturated carbocycles. The summed E-state index contributed by atoms with van der Waals surface area (Å²) in [5, 5.41) is 2.73. The highest BCUT2D eigenvalue weighted by Gasteiger charge is 2.33. The van der Waals surface area contributed by atoms with Crippen molar-refractivity contribution in [2.24, 2.45) is 5.92 Å². The van der Waals surface area contributed by atoms with Gasteiger partial charge in [-0.1, -0.05) is 37.3 Å². The van der Waals surface area contributed by atoms with Gasteiger partial charge >= 0.3 is 12.1 Å². The zero-order chi connectivity index (χ0) is 21.3. The van der Waals surface area contributed by atoms with E-state index >= 15 is 0 Å². The summed E-state index contributed by atoms with van der Waals surface area (Å²) in [6.45, 7) is 2.90. The fourth-order valence-corrected chi connectivity index (χ4v) is 3.37. The smallest absolute Gasteiger partial charge is 0.411 e. The highest BCUT2D eigenvalue weighted by Crippen LogP contribution is 2.40. The first kappa shape index (κ1) is 21.6. The van der Waals surface area contributed by atoms with E-state index in [0.29, 0.717) is 24.7 Å². The fourth-order valence-electron chi connectivity index (χ4n) is 3.37. The first-order valence-electron chi connectivity index (χ1n) is 10.0. The third-order valence-corrected chi connectivity index (χ3v) is 4.81. The summed E-state index contributed by atoms with van der Waals surface area (Å²) in [5.41, 5.74) is 2.24. The SMILES string of the molecule is CCCOC(=O)CC1COc2ccc(NC(=O)OCc3ccccc3)cc2C1OC. The number of benzene rings is 2. The van der Waals surface area contributed by atoms with Gasteiger partial charge in [-0.15, -0.1) is 0 Å². The molecular formula is C23H27NO6. The molecule has 1 amide bonds. The van der Waals surface area contributed by atoms with Crippen LogP contribution in [0.1, 0.15) is 37.0 Å². The van der Waals surface area contributed by atoms with Gasteiger partial charge in [0, 0.05) is 24.3 Å². The number of hydrogen-bond donors (Lipinski definition) is 1. The van der Waals surface area contributed by atoms with E-state index in [1.807, 2.05) is 37.3 Å². The molecule has 0 bridgehead atoms. The van der Waals surface area contributed by atoms with E-state index in [2.05, 4.69) is 5.32 Å². The average Bonchev–Trinajstić information content (AvgIpc) is 2.77. The second-order valence-corrected chi connectivity index (χ2v) is 7.09. The number of hydrogen-bond acceptors (Lipinski definition) is 6. The molecule has 2 aromatic carbocycles. The van der Waals surface area contributed by atoms with Crippen LogP contribution in [-0.4, -0.2) is 32.4 Å². The highest BCUT2D eigenvalue weighted by molar-refractivity contribution is 5.85. The third kappa shape index (κ3) is 5.73. The fraction of sp³-hybridized carbons (Fsp3) is 0.391. The molecule has 1 N–H and O–H groups in total. The average molecular weight is 413 g/mol. The highest BCUT2D eigenvalue weighted by atomic mass is 16.5. The number of amides is 1. The van der Waals surface area contributed by atoms with Crippen molar-refractivity contribution in [2.45, 2.75) is 32.5 Å². The van der Waals surface area contributed by atoms with E-state index in [-0.39, 0.29) is 31.0 Å². The van der Waals surface area contributed by atoms with E-state index in [1.54, 1.807) is 25.3 Å². The van der Waals surface area contributed by atoms with Gasteiger partial charge < -0.3 is 18.9 Å². The Hall–Kier alpha value is -3.06. The Morgan fingerprint density at radius 1 is 1.13 bits per heavy atom. The first-order valence-corrected chi connectivity index (χ1v) is 10.0. The number of methoxy groups -OCH3 is 1. The van der Waals surface area contributed by atoms with E-state index in [9.17, 15) is 9.59 Å². The molecule has 7 nitrogen and oxygen atoms in total. The summed E-state index contributed by atoms with van der Waals surface area (Å²) in [7, 11) is 1.60. The van der Waals surface area contributed by atoms with Crippen molar-refractivity contribution in [2.75, 3.05) is 25.6 Å². The van der Waals surface area contributed by atoms with Gasteiger partial charge in [-0.25, -0.2) is 4.79 Å². The number of ether oxygens (including phenoxy) is 4. The second-order valence-electron chi connectivity index (χ2n) is 7.09. The van der Waals surface area contributed by atoms with Gasteiger partial charge in [-0.05, 0) is 30.2 Å². The van der Waals surface area contributed by atoms with Crippen LogP contribution < -0.4 is 10.1 Å². The maximum Gasteiger partial charge on any atom is 0.411 e. The van der Waals surface area contributed by atoms with Gasteiger partial charge in [0.1, 0.15) is 12.4 Å². The zero-order valence-corrected chi connectivity index (χ0v) is 17.3. The van der Waals surface area contributed by atoms with Crippen LogP contribution in [0.15, 0.2) is 48.5 Å². The van der Waals surface area contributed by atoms with Gasteiger partial charge in [0.05, 0.1) is 25.7 Å². The predicted molar refractivity (Wildman–Crippen MR) is 111 cm³/mol. The van der Waals surface area contributed by atoms with E-state index in [4.69, 9.17) is 18.9 Å². The lowest BCUT2D eigenvalue weighted by Crippen LogP contribution is -2.30. The first-order chi connectivity index (χ1) is 14.6. The molecule has 160 valence electrons. The van der Waals surface area contributed by atoms with Gasteiger partial charge in [0.25, 0.3) is 0 Å². The molecule has 1 heterocycles. The molecule has 7 heteroatoms. The van der Waals surface area contributed by atoms with Crippen LogP contribution in [0.25, 0.3) is 0 Å². The Kier molecular flexibility index (Phi) is 7.68. The van der Waals surface area contributed by atoms with Gasteiger partial charge in [0.15, 0.2) is 0 Å². The summed E-state index contributed by atoms with van der Waals surface area (Å²) in [4.78, 5) is 24.2. The normalized spacial score (nSPS) is 17.4. The van der Waals surface area contributed by atoms with Crippen LogP contribution in [0.3, 0.4) is 0 Å². The lowest BCUT2D eigenvalue weighted by atomic mass is 9.90. The van der Waals surface area contributed by atoms with Crippen LogP contribution in [0.5, 0.6) is 5.75 Å².